The maximum Gasteiger partial charge on any atom is 0.330 e. The maximum absolute atomic E-state index is 11.8. The number of aliphatic hydroxyl groups is 1. The lowest BCUT2D eigenvalue weighted by molar-refractivity contribution is 0.282. The van der Waals surface area contributed by atoms with Crippen molar-refractivity contribution < 1.29 is 5.11 Å². The lowest BCUT2D eigenvalue weighted by Gasteiger charge is -2.08. The van der Waals surface area contributed by atoms with Gasteiger partial charge in [0.15, 0.2) is 0 Å². The average molecular weight is 269 g/mol. The third kappa shape index (κ3) is 4.65. The molecule has 6 nitrogen and oxygen atoms in total. The Hall–Kier alpha value is -1.40. The fourth-order valence-electron chi connectivity index (χ4n) is 1.94. The zero-order chi connectivity index (χ0) is 14.3. The van der Waals surface area contributed by atoms with Gasteiger partial charge < -0.3 is 15.0 Å². The molecule has 0 atom stereocenters. The van der Waals surface area contributed by atoms with Crippen molar-refractivity contribution >= 4 is 0 Å². The van der Waals surface area contributed by atoms with E-state index in [0.717, 1.165) is 36.8 Å². The second-order valence-corrected chi connectivity index (χ2v) is 4.73. The summed E-state index contributed by atoms with van der Waals surface area (Å²) >= 11 is 0. The van der Waals surface area contributed by atoms with Gasteiger partial charge in [-0.15, -0.1) is 0 Å². The molecule has 0 fully saturated rings. The lowest BCUT2D eigenvalue weighted by atomic mass is 10.2. The van der Waals surface area contributed by atoms with E-state index in [0.29, 0.717) is 12.1 Å². The Labute approximate surface area is 112 Å². The van der Waals surface area contributed by atoms with Crippen LogP contribution in [0.4, 0.5) is 0 Å². The van der Waals surface area contributed by atoms with E-state index in [-0.39, 0.29) is 17.9 Å². The molecule has 0 aromatic carbocycles. The van der Waals surface area contributed by atoms with E-state index in [1.54, 1.807) is 13.2 Å². The first-order valence-electron chi connectivity index (χ1n) is 6.65. The first kappa shape index (κ1) is 15.7. The van der Waals surface area contributed by atoms with Crippen molar-refractivity contribution in [1.82, 2.24) is 14.5 Å². The lowest BCUT2D eigenvalue weighted by Crippen LogP contribution is -2.39. The molecule has 0 saturated heterocycles. The second-order valence-electron chi connectivity index (χ2n) is 4.73. The van der Waals surface area contributed by atoms with Crippen LogP contribution in [-0.4, -0.2) is 27.4 Å². The highest BCUT2D eigenvalue weighted by Crippen LogP contribution is 1.97. The van der Waals surface area contributed by atoms with Gasteiger partial charge in [0.05, 0.1) is 0 Å². The predicted octanol–water partition coefficient (Wildman–Crippen LogP) is -0.274. The molecule has 6 heteroatoms. The van der Waals surface area contributed by atoms with E-state index in [2.05, 4.69) is 5.32 Å². The van der Waals surface area contributed by atoms with Crippen LogP contribution in [-0.2, 0) is 20.6 Å². The van der Waals surface area contributed by atoms with Gasteiger partial charge >= 0.3 is 5.69 Å². The van der Waals surface area contributed by atoms with E-state index in [9.17, 15) is 9.59 Å². The summed E-state index contributed by atoms with van der Waals surface area (Å²) in [5, 5.41) is 11.8. The number of nitrogens with one attached hydrogen (secondary N) is 1. The number of hydrogen-bond donors (Lipinski definition) is 2. The second kappa shape index (κ2) is 7.91. The molecule has 0 saturated carbocycles. The highest BCUT2D eigenvalue weighted by Gasteiger charge is 2.05. The van der Waals surface area contributed by atoms with E-state index >= 15 is 0 Å². The number of hydrogen-bond acceptors (Lipinski definition) is 4. The number of rotatable bonds is 8. The van der Waals surface area contributed by atoms with Crippen LogP contribution >= 0.6 is 0 Å². The maximum atomic E-state index is 11.8. The Bertz CT molecular complexity index is 505. The van der Waals surface area contributed by atoms with Gasteiger partial charge in [-0.1, -0.05) is 12.8 Å². The number of aliphatic hydroxyl groups excluding tert-OH is 1. The zero-order valence-corrected chi connectivity index (χ0v) is 11.7. The molecule has 0 bridgehead atoms. The van der Waals surface area contributed by atoms with E-state index < -0.39 is 0 Å². The summed E-state index contributed by atoms with van der Waals surface area (Å²) in [6.07, 6.45) is 5.55. The van der Waals surface area contributed by atoms with E-state index in [1.807, 2.05) is 0 Å². The minimum absolute atomic E-state index is 0.240. The van der Waals surface area contributed by atoms with E-state index in [1.165, 1.54) is 11.6 Å². The van der Waals surface area contributed by atoms with Gasteiger partial charge in [0.25, 0.3) is 5.56 Å². The van der Waals surface area contributed by atoms with Crippen LogP contribution in [0.2, 0.25) is 0 Å². The Balaban J connectivity index is 2.42. The average Bonchev–Trinajstić information content (AvgIpc) is 2.41. The van der Waals surface area contributed by atoms with Crippen LogP contribution in [0, 0.1) is 0 Å². The van der Waals surface area contributed by atoms with Gasteiger partial charge in [0.1, 0.15) is 0 Å². The van der Waals surface area contributed by atoms with Crippen LogP contribution in [0.1, 0.15) is 31.2 Å². The Morgan fingerprint density at radius 2 is 1.84 bits per heavy atom. The highest BCUT2D eigenvalue weighted by molar-refractivity contribution is 5.05. The summed E-state index contributed by atoms with van der Waals surface area (Å²) in [5.74, 6) is 0. The van der Waals surface area contributed by atoms with Crippen molar-refractivity contribution in [1.29, 1.82) is 0 Å². The topological polar surface area (TPSA) is 76.3 Å². The number of unbranched alkanes of at least 4 members (excludes halogenated alkanes) is 3. The minimum atomic E-state index is -0.308. The molecule has 0 spiro atoms. The van der Waals surface area contributed by atoms with Gasteiger partial charge in [-0.25, -0.2) is 4.79 Å². The third-order valence-corrected chi connectivity index (χ3v) is 3.09. The SMILES string of the molecule is Cn1cc(CNCCCCCCO)c(=O)n(C)c1=O. The first-order chi connectivity index (χ1) is 9.07. The molecular weight excluding hydrogens is 246 g/mol. The van der Waals surface area contributed by atoms with Crippen LogP contribution in [0.25, 0.3) is 0 Å². The standard InChI is InChI=1S/C13H23N3O3/c1-15-10-11(12(18)16(2)13(15)19)9-14-7-5-3-4-6-8-17/h10,14,17H,3-9H2,1-2H3. The molecule has 0 aliphatic carbocycles. The van der Waals surface area contributed by atoms with Crippen molar-refractivity contribution in [3.05, 3.63) is 32.6 Å². The summed E-state index contributed by atoms with van der Waals surface area (Å²) in [5.41, 5.74) is 0.0496. The third-order valence-electron chi connectivity index (χ3n) is 3.09. The summed E-state index contributed by atoms with van der Waals surface area (Å²) in [4.78, 5) is 23.3. The molecule has 19 heavy (non-hydrogen) atoms. The van der Waals surface area contributed by atoms with Crippen LogP contribution in [0.15, 0.2) is 15.8 Å². The van der Waals surface area contributed by atoms with E-state index in [4.69, 9.17) is 5.11 Å². The van der Waals surface area contributed by atoms with Gasteiger partial charge in [-0.2, -0.15) is 0 Å². The normalized spacial score (nSPS) is 10.9. The van der Waals surface area contributed by atoms with Gasteiger partial charge in [0.2, 0.25) is 0 Å². The van der Waals surface area contributed by atoms with Crippen molar-refractivity contribution in [2.45, 2.75) is 32.2 Å². The fraction of sp³-hybridized carbons (Fsp3) is 0.692. The molecule has 108 valence electrons. The smallest absolute Gasteiger partial charge is 0.330 e. The first-order valence-corrected chi connectivity index (χ1v) is 6.65. The summed E-state index contributed by atoms with van der Waals surface area (Å²) in [6.45, 7) is 1.56. The summed E-state index contributed by atoms with van der Waals surface area (Å²) in [7, 11) is 3.13. The molecule has 0 aliphatic rings. The van der Waals surface area contributed by atoms with Crippen molar-refractivity contribution in [2.24, 2.45) is 14.1 Å². The van der Waals surface area contributed by atoms with Crippen molar-refractivity contribution in [3.8, 4) is 0 Å². The molecule has 1 heterocycles. The number of aromatic nitrogens is 2. The molecule has 0 radical (unpaired) electrons. The molecule has 1 rings (SSSR count). The van der Waals surface area contributed by atoms with Crippen molar-refractivity contribution in [2.75, 3.05) is 13.2 Å². The van der Waals surface area contributed by atoms with Crippen LogP contribution in [0.5, 0.6) is 0 Å². The molecule has 0 unspecified atom stereocenters. The monoisotopic (exact) mass is 269 g/mol. The molecule has 1 aromatic rings. The molecule has 1 aromatic heterocycles. The summed E-state index contributed by atoms with van der Waals surface area (Å²) < 4.78 is 2.54. The highest BCUT2D eigenvalue weighted by atomic mass is 16.3. The number of aryl methyl sites for hydroxylation is 1. The largest absolute Gasteiger partial charge is 0.396 e. The minimum Gasteiger partial charge on any atom is -0.396 e. The fourth-order valence-corrected chi connectivity index (χ4v) is 1.94. The predicted molar refractivity (Wildman–Crippen MR) is 74.2 cm³/mol. The molecule has 0 aliphatic heterocycles. The zero-order valence-electron chi connectivity index (χ0n) is 11.7. The molecule has 0 amide bonds. The Morgan fingerprint density at radius 3 is 2.53 bits per heavy atom. The van der Waals surface area contributed by atoms with Gasteiger partial charge in [0, 0.05) is 39.0 Å². The summed E-state index contributed by atoms with van der Waals surface area (Å²) in [6, 6.07) is 0. The quantitative estimate of drug-likeness (QED) is 0.637. The van der Waals surface area contributed by atoms with Gasteiger partial charge in [-0.05, 0) is 19.4 Å². The van der Waals surface area contributed by atoms with Crippen LogP contribution < -0.4 is 16.6 Å². The Kier molecular flexibility index (Phi) is 6.52. The molecular formula is C13H23N3O3. The van der Waals surface area contributed by atoms with Crippen LogP contribution in [0.3, 0.4) is 0 Å². The van der Waals surface area contributed by atoms with Gasteiger partial charge in [-0.3, -0.25) is 9.36 Å². The van der Waals surface area contributed by atoms with Crippen molar-refractivity contribution in [3.63, 3.8) is 0 Å². The number of nitrogens with zero attached hydrogens (tertiary/aromatic N) is 2. The molecule has 2 N–H and O–H groups in total. The Morgan fingerprint density at radius 1 is 1.16 bits per heavy atom.